The summed E-state index contributed by atoms with van der Waals surface area (Å²) in [4.78, 5) is 10.7. The molecule has 0 radical (unpaired) electrons. The van der Waals surface area contributed by atoms with Crippen molar-refractivity contribution in [2.24, 2.45) is 0 Å². The van der Waals surface area contributed by atoms with Gasteiger partial charge in [0.1, 0.15) is 4.99 Å². The SMILES string of the molecule is CCc1ccc(C(=S)Nc2ccc(Sc3nc(OC)c4c(n3)OCC4)cc2)cc1. The molecule has 0 amide bonds. The maximum Gasteiger partial charge on any atom is 0.224 e. The zero-order valence-corrected chi connectivity index (χ0v) is 17.9. The molecule has 0 unspecified atom stereocenters. The molecule has 5 nitrogen and oxygen atoms in total. The van der Waals surface area contributed by atoms with Gasteiger partial charge in [-0.05, 0) is 48.0 Å². The largest absolute Gasteiger partial charge is 0.481 e. The molecule has 0 saturated heterocycles. The van der Waals surface area contributed by atoms with E-state index in [2.05, 4.69) is 46.5 Å². The Morgan fingerprint density at radius 1 is 1.14 bits per heavy atom. The van der Waals surface area contributed by atoms with E-state index in [-0.39, 0.29) is 0 Å². The van der Waals surface area contributed by atoms with Gasteiger partial charge in [-0.3, -0.25) is 0 Å². The molecule has 0 spiro atoms. The molecule has 0 bridgehead atoms. The molecule has 1 aromatic heterocycles. The molecule has 29 heavy (non-hydrogen) atoms. The summed E-state index contributed by atoms with van der Waals surface area (Å²) in [5.41, 5.74) is 4.19. The summed E-state index contributed by atoms with van der Waals surface area (Å²) in [7, 11) is 1.62. The third kappa shape index (κ3) is 4.52. The van der Waals surface area contributed by atoms with E-state index >= 15 is 0 Å². The summed E-state index contributed by atoms with van der Waals surface area (Å²) in [6, 6.07) is 16.3. The van der Waals surface area contributed by atoms with Crippen LogP contribution < -0.4 is 14.8 Å². The molecule has 7 heteroatoms. The van der Waals surface area contributed by atoms with Gasteiger partial charge in [0.2, 0.25) is 11.8 Å². The molecular formula is C22H21N3O2S2. The molecular weight excluding hydrogens is 402 g/mol. The molecule has 0 aliphatic carbocycles. The fourth-order valence-electron chi connectivity index (χ4n) is 3.03. The highest BCUT2D eigenvalue weighted by Gasteiger charge is 2.22. The van der Waals surface area contributed by atoms with Crippen molar-refractivity contribution >= 4 is 34.7 Å². The van der Waals surface area contributed by atoms with Crippen molar-refractivity contribution in [3.8, 4) is 11.8 Å². The number of aromatic nitrogens is 2. The quantitative estimate of drug-likeness (QED) is 0.446. The molecule has 1 aliphatic heterocycles. The number of nitrogens with one attached hydrogen (secondary N) is 1. The van der Waals surface area contributed by atoms with Crippen molar-refractivity contribution in [3.63, 3.8) is 0 Å². The Balaban J connectivity index is 1.43. The second-order valence-electron chi connectivity index (χ2n) is 6.53. The third-order valence-corrected chi connectivity index (χ3v) is 5.85. The average molecular weight is 424 g/mol. The van der Waals surface area contributed by atoms with Crippen LogP contribution in [0.1, 0.15) is 23.6 Å². The molecule has 1 aliphatic rings. The van der Waals surface area contributed by atoms with E-state index in [0.717, 1.165) is 34.6 Å². The first-order chi connectivity index (χ1) is 14.2. The Labute approximate surface area is 179 Å². The second-order valence-corrected chi connectivity index (χ2v) is 7.98. The van der Waals surface area contributed by atoms with Crippen LogP contribution in [-0.4, -0.2) is 28.7 Å². The maximum absolute atomic E-state index is 5.57. The van der Waals surface area contributed by atoms with Crippen molar-refractivity contribution in [1.29, 1.82) is 0 Å². The zero-order chi connectivity index (χ0) is 20.2. The van der Waals surface area contributed by atoms with Crippen molar-refractivity contribution in [2.75, 3.05) is 19.0 Å². The Kier molecular flexibility index (Phi) is 5.97. The fourth-order valence-corrected chi connectivity index (χ4v) is 4.02. The molecule has 1 N–H and O–H groups in total. The minimum absolute atomic E-state index is 0.590. The zero-order valence-electron chi connectivity index (χ0n) is 16.3. The number of fused-ring (bicyclic) bond motifs is 1. The highest BCUT2D eigenvalue weighted by atomic mass is 32.2. The standard InChI is InChI=1S/C22H21N3O2S2/c1-3-14-4-6-15(7-5-14)21(28)23-16-8-10-17(11-9-16)29-22-24-19(26-2)18-12-13-27-20(18)25-22/h4-11H,3,12-13H2,1-2H3,(H,23,28). The van der Waals surface area contributed by atoms with Crippen molar-refractivity contribution in [1.82, 2.24) is 9.97 Å². The van der Waals surface area contributed by atoms with Gasteiger partial charge in [0, 0.05) is 22.6 Å². The number of benzene rings is 2. The van der Waals surface area contributed by atoms with E-state index in [0.29, 0.717) is 28.5 Å². The lowest BCUT2D eigenvalue weighted by Crippen LogP contribution is -2.10. The van der Waals surface area contributed by atoms with E-state index in [1.165, 1.54) is 17.3 Å². The average Bonchev–Trinajstić information content (AvgIpc) is 3.23. The van der Waals surface area contributed by atoms with Gasteiger partial charge in [-0.25, -0.2) is 0 Å². The number of ether oxygens (including phenoxy) is 2. The van der Waals surface area contributed by atoms with E-state index in [4.69, 9.17) is 21.7 Å². The predicted octanol–water partition coefficient (Wildman–Crippen LogP) is 4.92. The van der Waals surface area contributed by atoms with Gasteiger partial charge in [-0.15, -0.1) is 0 Å². The molecule has 2 heterocycles. The summed E-state index contributed by atoms with van der Waals surface area (Å²) in [6.45, 7) is 2.76. The van der Waals surface area contributed by atoms with Gasteiger partial charge in [0.15, 0.2) is 5.16 Å². The summed E-state index contributed by atoms with van der Waals surface area (Å²) >= 11 is 7.00. The number of aryl methyl sites for hydroxylation is 1. The highest BCUT2D eigenvalue weighted by molar-refractivity contribution is 7.99. The lowest BCUT2D eigenvalue weighted by molar-refractivity contribution is 0.340. The number of thiocarbonyl (C=S) groups is 1. The first-order valence-electron chi connectivity index (χ1n) is 9.42. The molecule has 0 saturated carbocycles. The highest BCUT2D eigenvalue weighted by Crippen LogP contribution is 2.35. The topological polar surface area (TPSA) is 56.3 Å². The van der Waals surface area contributed by atoms with Crippen molar-refractivity contribution in [2.45, 2.75) is 29.8 Å². The van der Waals surface area contributed by atoms with Crippen molar-refractivity contribution in [3.05, 3.63) is 65.2 Å². The first kappa shape index (κ1) is 19.7. The second kappa shape index (κ2) is 8.80. The Morgan fingerprint density at radius 3 is 2.59 bits per heavy atom. The van der Waals surface area contributed by atoms with Crippen LogP contribution in [0, 0.1) is 0 Å². The number of anilines is 1. The molecule has 2 aromatic carbocycles. The van der Waals surface area contributed by atoms with E-state index in [1.807, 2.05) is 24.3 Å². The Bertz CT molecular complexity index is 1020. The summed E-state index contributed by atoms with van der Waals surface area (Å²) in [6.07, 6.45) is 1.80. The van der Waals surface area contributed by atoms with Crippen LogP contribution in [-0.2, 0) is 12.8 Å². The monoisotopic (exact) mass is 423 g/mol. The number of hydrogen-bond acceptors (Lipinski definition) is 6. The van der Waals surface area contributed by atoms with Gasteiger partial charge in [-0.1, -0.05) is 43.4 Å². The summed E-state index contributed by atoms with van der Waals surface area (Å²) in [5, 5.41) is 3.90. The van der Waals surface area contributed by atoms with Crippen molar-refractivity contribution < 1.29 is 9.47 Å². The number of hydrogen-bond donors (Lipinski definition) is 1. The van der Waals surface area contributed by atoms with E-state index in [1.54, 1.807) is 7.11 Å². The van der Waals surface area contributed by atoms with Crippen LogP contribution >= 0.6 is 24.0 Å². The predicted molar refractivity (Wildman–Crippen MR) is 119 cm³/mol. The third-order valence-electron chi connectivity index (χ3n) is 4.64. The number of nitrogens with zero attached hydrogens (tertiary/aromatic N) is 2. The first-order valence-corrected chi connectivity index (χ1v) is 10.6. The number of methoxy groups -OCH3 is 1. The summed E-state index contributed by atoms with van der Waals surface area (Å²) in [5.74, 6) is 1.21. The smallest absolute Gasteiger partial charge is 0.224 e. The molecule has 4 rings (SSSR count). The van der Waals surface area contributed by atoms with Gasteiger partial charge in [0.25, 0.3) is 0 Å². The molecule has 148 valence electrons. The van der Waals surface area contributed by atoms with Crippen LogP contribution in [0.4, 0.5) is 5.69 Å². The van der Waals surface area contributed by atoms with Crippen LogP contribution in [0.25, 0.3) is 0 Å². The lowest BCUT2D eigenvalue weighted by Gasteiger charge is -2.10. The normalized spacial score (nSPS) is 12.2. The maximum atomic E-state index is 5.57. The minimum Gasteiger partial charge on any atom is -0.481 e. The molecule has 0 atom stereocenters. The minimum atomic E-state index is 0.590. The molecule has 3 aromatic rings. The van der Waals surface area contributed by atoms with Crippen LogP contribution in [0.15, 0.2) is 58.6 Å². The van der Waals surface area contributed by atoms with Gasteiger partial charge >= 0.3 is 0 Å². The number of rotatable bonds is 6. The van der Waals surface area contributed by atoms with Gasteiger partial charge in [0.05, 0.1) is 19.3 Å². The Hall–Kier alpha value is -2.64. The summed E-state index contributed by atoms with van der Waals surface area (Å²) < 4.78 is 11.0. The van der Waals surface area contributed by atoms with E-state index < -0.39 is 0 Å². The van der Waals surface area contributed by atoms with Gasteiger partial charge in [-0.2, -0.15) is 9.97 Å². The van der Waals surface area contributed by atoms with Gasteiger partial charge < -0.3 is 14.8 Å². The van der Waals surface area contributed by atoms with Crippen LogP contribution in [0.2, 0.25) is 0 Å². The Morgan fingerprint density at radius 2 is 1.90 bits per heavy atom. The lowest BCUT2D eigenvalue weighted by atomic mass is 10.1. The van der Waals surface area contributed by atoms with Crippen LogP contribution in [0.5, 0.6) is 11.8 Å². The molecule has 0 fully saturated rings. The van der Waals surface area contributed by atoms with E-state index in [9.17, 15) is 0 Å². The van der Waals surface area contributed by atoms with Crippen LogP contribution in [0.3, 0.4) is 0 Å². The fraction of sp³-hybridized carbons (Fsp3) is 0.227.